The number of nitrogens with one attached hydrogen (secondary N) is 1. The van der Waals surface area contributed by atoms with Crippen LogP contribution in [0, 0.1) is 0 Å². The number of Topliss-reactive ketones (excluding diaryl/α,β-unsaturated/α-hetero) is 1. The number of ether oxygens (including phenoxy) is 3. The number of anilines is 1. The molecule has 0 aliphatic heterocycles. The minimum atomic E-state index is 0.141. The highest BCUT2D eigenvalue weighted by Gasteiger charge is 2.11. The molecule has 0 aliphatic rings. The number of ketones is 1. The van der Waals surface area contributed by atoms with Gasteiger partial charge in [0.05, 0.1) is 27.0 Å². The van der Waals surface area contributed by atoms with Gasteiger partial charge in [0.25, 0.3) is 0 Å². The number of hydrogen-bond acceptors (Lipinski definition) is 5. The molecule has 0 saturated carbocycles. The fourth-order valence-electron chi connectivity index (χ4n) is 1.54. The Morgan fingerprint density at radius 2 is 1.61 bits per heavy atom. The highest BCUT2D eigenvalue weighted by molar-refractivity contribution is 5.76. The van der Waals surface area contributed by atoms with E-state index in [2.05, 4.69) is 5.32 Å². The van der Waals surface area contributed by atoms with Crippen molar-refractivity contribution in [2.24, 2.45) is 0 Å². The van der Waals surface area contributed by atoms with Gasteiger partial charge >= 0.3 is 0 Å². The fraction of sp³-hybridized carbons (Fsp3) is 0.462. The van der Waals surface area contributed by atoms with E-state index < -0.39 is 0 Å². The molecule has 1 N–H and O–H groups in total. The lowest BCUT2D eigenvalue weighted by molar-refractivity contribution is -0.116. The zero-order valence-corrected chi connectivity index (χ0v) is 11.2. The van der Waals surface area contributed by atoms with E-state index in [4.69, 9.17) is 14.2 Å². The first-order valence-corrected chi connectivity index (χ1v) is 5.65. The monoisotopic (exact) mass is 253 g/mol. The number of carbonyl (C=O) groups excluding carboxylic acids is 1. The first-order valence-electron chi connectivity index (χ1n) is 5.65. The SMILES string of the molecule is COc1cc(OC)c(OC)cc1NCCC(C)=O. The van der Waals surface area contributed by atoms with Crippen molar-refractivity contribution in [2.75, 3.05) is 33.2 Å². The molecule has 0 aromatic heterocycles. The predicted octanol–water partition coefficient (Wildman–Crippen LogP) is 2.10. The lowest BCUT2D eigenvalue weighted by atomic mass is 10.2. The predicted molar refractivity (Wildman–Crippen MR) is 69.9 cm³/mol. The first kappa shape index (κ1) is 14.2. The van der Waals surface area contributed by atoms with Gasteiger partial charge in [0, 0.05) is 25.1 Å². The quantitative estimate of drug-likeness (QED) is 0.806. The summed E-state index contributed by atoms with van der Waals surface area (Å²) in [5, 5.41) is 3.14. The molecule has 100 valence electrons. The maximum atomic E-state index is 10.9. The number of carbonyl (C=O) groups is 1. The maximum absolute atomic E-state index is 10.9. The highest BCUT2D eigenvalue weighted by atomic mass is 16.5. The van der Waals surface area contributed by atoms with Gasteiger partial charge in [-0.15, -0.1) is 0 Å². The molecule has 0 saturated heterocycles. The normalized spacial score (nSPS) is 9.78. The van der Waals surface area contributed by atoms with Crippen molar-refractivity contribution < 1.29 is 19.0 Å². The Balaban J connectivity index is 2.91. The van der Waals surface area contributed by atoms with Crippen molar-refractivity contribution in [3.63, 3.8) is 0 Å². The summed E-state index contributed by atoms with van der Waals surface area (Å²) in [7, 11) is 4.72. The van der Waals surface area contributed by atoms with Gasteiger partial charge in [-0.3, -0.25) is 4.79 Å². The van der Waals surface area contributed by atoms with Crippen molar-refractivity contribution in [1.29, 1.82) is 0 Å². The molecule has 1 rings (SSSR count). The molecule has 0 aliphatic carbocycles. The van der Waals surface area contributed by atoms with E-state index in [1.54, 1.807) is 40.4 Å². The van der Waals surface area contributed by atoms with Crippen molar-refractivity contribution in [3.8, 4) is 17.2 Å². The Bertz CT molecular complexity index is 418. The molecule has 0 bridgehead atoms. The standard InChI is InChI=1S/C13H19NO4/c1-9(15)5-6-14-10-7-12(17-3)13(18-4)8-11(10)16-2/h7-8,14H,5-6H2,1-4H3. The molecule has 0 fully saturated rings. The topological polar surface area (TPSA) is 56.8 Å². The van der Waals surface area contributed by atoms with Gasteiger partial charge in [0.1, 0.15) is 11.5 Å². The summed E-state index contributed by atoms with van der Waals surface area (Å²) in [4.78, 5) is 10.9. The van der Waals surface area contributed by atoms with Crippen molar-refractivity contribution in [2.45, 2.75) is 13.3 Å². The molecule has 0 heterocycles. The van der Waals surface area contributed by atoms with E-state index >= 15 is 0 Å². The second kappa shape index (κ2) is 6.74. The summed E-state index contributed by atoms with van der Waals surface area (Å²) in [6, 6.07) is 3.53. The van der Waals surface area contributed by atoms with Gasteiger partial charge in [-0.05, 0) is 6.92 Å². The zero-order valence-electron chi connectivity index (χ0n) is 11.2. The van der Waals surface area contributed by atoms with Crippen LogP contribution in [0.1, 0.15) is 13.3 Å². The second-order valence-corrected chi connectivity index (χ2v) is 3.79. The third-order valence-corrected chi connectivity index (χ3v) is 2.50. The van der Waals surface area contributed by atoms with Crippen LogP contribution >= 0.6 is 0 Å². The summed E-state index contributed by atoms with van der Waals surface area (Å²) in [5.74, 6) is 2.01. The number of benzene rings is 1. The molecule has 0 atom stereocenters. The van der Waals surface area contributed by atoms with Crippen LogP contribution in [-0.2, 0) is 4.79 Å². The summed E-state index contributed by atoms with van der Waals surface area (Å²) in [6.45, 7) is 2.12. The third kappa shape index (κ3) is 3.55. The molecule has 1 aromatic rings. The minimum Gasteiger partial charge on any atom is -0.494 e. The molecular weight excluding hydrogens is 234 g/mol. The largest absolute Gasteiger partial charge is 0.494 e. The Morgan fingerprint density at radius 3 is 2.11 bits per heavy atom. The minimum absolute atomic E-state index is 0.141. The number of rotatable bonds is 7. The zero-order chi connectivity index (χ0) is 13.5. The van der Waals surface area contributed by atoms with Gasteiger partial charge in [-0.2, -0.15) is 0 Å². The molecule has 0 spiro atoms. The second-order valence-electron chi connectivity index (χ2n) is 3.79. The van der Waals surface area contributed by atoms with E-state index in [1.165, 1.54) is 0 Å². The first-order chi connectivity index (χ1) is 8.62. The molecule has 0 amide bonds. The van der Waals surface area contributed by atoms with E-state index in [1.807, 2.05) is 0 Å². The van der Waals surface area contributed by atoms with Crippen LogP contribution in [0.5, 0.6) is 17.2 Å². The van der Waals surface area contributed by atoms with Gasteiger partial charge in [-0.1, -0.05) is 0 Å². The highest BCUT2D eigenvalue weighted by Crippen LogP contribution is 2.37. The molecule has 5 heteroatoms. The molecule has 0 radical (unpaired) electrons. The van der Waals surface area contributed by atoms with Crippen LogP contribution in [0.15, 0.2) is 12.1 Å². The third-order valence-electron chi connectivity index (χ3n) is 2.50. The molecule has 0 unspecified atom stereocenters. The maximum Gasteiger partial charge on any atom is 0.164 e. The lowest BCUT2D eigenvalue weighted by Crippen LogP contribution is -2.07. The Morgan fingerprint density at radius 1 is 1.06 bits per heavy atom. The summed E-state index contributed by atoms with van der Waals surface area (Å²) >= 11 is 0. The molecule has 5 nitrogen and oxygen atoms in total. The lowest BCUT2D eigenvalue weighted by Gasteiger charge is -2.15. The van der Waals surface area contributed by atoms with Crippen molar-refractivity contribution in [1.82, 2.24) is 0 Å². The number of methoxy groups -OCH3 is 3. The summed E-state index contributed by atoms with van der Waals surface area (Å²) < 4.78 is 15.7. The van der Waals surface area contributed by atoms with Gasteiger partial charge in [-0.25, -0.2) is 0 Å². The fourth-order valence-corrected chi connectivity index (χ4v) is 1.54. The summed E-state index contributed by atoms with van der Waals surface area (Å²) in [6.07, 6.45) is 0.470. The Hall–Kier alpha value is -1.91. The smallest absolute Gasteiger partial charge is 0.164 e. The van der Waals surface area contributed by atoms with Gasteiger partial charge in [0.2, 0.25) is 0 Å². The average Bonchev–Trinajstić information content (AvgIpc) is 2.37. The van der Waals surface area contributed by atoms with Crippen LogP contribution in [0.2, 0.25) is 0 Å². The van der Waals surface area contributed by atoms with E-state index in [9.17, 15) is 4.79 Å². The van der Waals surface area contributed by atoms with Crippen molar-refractivity contribution >= 4 is 11.5 Å². The van der Waals surface area contributed by atoms with E-state index in [0.29, 0.717) is 30.2 Å². The van der Waals surface area contributed by atoms with Crippen molar-refractivity contribution in [3.05, 3.63) is 12.1 Å². The van der Waals surface area contributed by atoms with Crippen LogP contribution in [0.3, 0.4) is 0 Å². The average molecular weight is 253 g/mol. The summed E-state index contributed by atoms with van der Waals surface area (Å²) in [5.41, 5.74) is 0.774. The van der Waals surface area contributed by atoms with Crippen LogP contribution < -0.4 is 19.5 Å². The van der Waals surface area contributed by atoms with Crippen LogP contribution in [0.25, 0.3) is 0 Å². The molecule has 1 aromatic carbocycles. The van der Waals surface area contributed by atoms with Crippen LogP contribution in [0.4, 0.5) is 5.69 Å². The van der Waals surface area contributed by atoms with Crippen LogP contribution in [-0.4, -0.2) is 33.7 Å². The van der Waals surface area contributed by atoms with Gasteiger partial charge < -0.3 is 19.5 Å². The Kier molecular flexibility index (Phi) is 5.30. The van der Waals surface area contributed by atoms with E-state index in [-0.39, 0.29) is 5.78 Å². The molecular formula is C13H19NO4. The number of hydrogen-bond donors (Lipinski definition) is 1. The van der Waals surface area contributed by atoms with E-state index in [0.717, 1.165) is 5.69 Å². The molecule has 18 heavy (non-hydrogen) atoms. The van der Waals surface area contributed by atoms with Gasteiger partial charge in [0.15, 0.2) is 11.5 Å². The Labute approximate surface area is 107 Å².